The van der Waals surface area contributed by atoms with Crippen LogP contribution in [0.4, 0.5) is 0 Å². The molecule has 0 radical (unpaired) electrons. The molecule has 0 saturated heterocycles. The summed E-state index contributed by atoms with van der Waals surface area (Å²) in [6.45, 7) is 18.3. The molecular weight excluding hydrogens is 226 g/mol. The summed E-state index contributed by atoms with van der Waals surface area (Å²) in [7, 11) is -1.66. The summed E-state index contributed by atoms with van der Waals surface area (Å²) in [5.41, 5.74) is 0. The highest BCUT2D eigenvalue weighted by Crippen LogP contribution is 2.36. The van der Waals surface area contributed by atoms with Gasteiger partial charge in [-0.25, -0.2) is 0 Å². The van der Waals surface area contributed by atoms with Crippen molar-refractivity contribution in [2.75, 3.05) is 13.2 Å². The van der Waals surface area contributed by atoms with Gasteiger partial charge in [-0.3, -0.25) is 5.32 Å². The Morgan fingerprint density at radius 1 is 1.41 bits per heavy atom. The van der Waals surface area contributed by atoms with Crippen LogP contribution in [0.2, 0.25) is 18.1 Å². The van der Waals surface area contributed by atoms with Gasteiger partial charge < -0.3 is 4.43 Å². The zero-order chi connectivity index (χ0) is 13.5. The molecule has 0 spiro atoms. The Morgan fingerprint density at radius 2 is 2.00 bits per heavy atom. The molecule has 0 amide bonds. The highest BCUT2D eigenvalue weighted by molar-refractivity contribution is 6.74. The summed E-state index contributed by atoms with van der Waals surface area (Å²) in [6.07, 6.45) is 1.89. The van der Waals surface area contributed by atoms with Crippen LogP contribution in [-0.4, -0.2) is 27.5 Å². The Kier molecular flexibility index (Phi) is 6.77. The summed E-state index contributed by atoms with van der Waals surface area (Å²) >= 11 is 0. The average Bonchev–Trinajstić information content (AvgIpc) is 2.21. The van der Waals surface area contributed by atoms with Crippen LogP contribution in [0.5, 0.6) is 0 Å². The molecule has 0 rings (SSSR count). The molecule has 0 fully saturated rings. The predicted molar refractivity (Wildman–Crippen MR) is 78.6 cm³/mol. The summed E-state index contributed by atoms with van der Waals surface area (Å²) < 4.78 is 6.13. The number of hydrogen-bond acceptors (Lipinski definition) is 2. The molecule has 2 nitrogen and oxygen atoms in total. The second kappa shape index (κ2) is 7.00. The second-order valence-electron chi connectivity index (χ2n) is 5.72. The molecule has 0 aromatic carbocycles. The molecular formula is C14H27NOSi. The minimum Gasteiger partial charge on any atom is -0.415 e. The van der Waals surface area contributed by atoms with E-state index in [4.69, 9.17) is 4.43 Å². The van der Waals surface area contributed by atoms with E-state index in [9.17, 15) is 0 Å². The Hall–Kier alpha value is -0.563. The number of rotatable bonds is 6. The van der Waals surface area contributed by atoms with Crippen molar-refractivity contribution in [3.05, 3.63) is 12.7 Å². The van der Waals surface area contributed by atoms with Crippen molar-refractivity contribution in [2.24, 2.45) is 0 Å². The highest BCUT2D eigenvalue weighted by atomic mass is 28.4. The lowest BCUT2D eigenvalue weighted by molar-refractivity contribution is 0.264. The van der Waals surface area contributed by atoms with Crippen molar-refractivity contribution in [3.63, 3.8) is 0 Å². The molecule has 0 saturated carbocycles. The predicted octanol–water partition coefficient (Wildman–Crippen LogP) is 3.18. The fourth-order valence-corrected chi connectivity index (χ4v) is 2.02. The van der Waals surface area contributed by atoms with E-state index in [2.05, 4.69) is 57.6 Å². The van der Waals surface area contributed by atoms with Gasteiger partial charge in [-0.1, -0.05) is 32.8 Å². The molecule has 0 unspecified atom stereocenters. The summed E-state index contributed by atoms with van der Waals surface area (Å²) in [4.78, 5) is 0. The van der Waals surface area contributed by atoms with Crippen molar-refractivity contribution in [1.82, 2.24) is 5.32 Å². The normalized spacial score (nSPS) is 13.8. The quantitative estimate of drug-likeness (QED) is 0.446. The van der Waals surface area contributed by atoms with Crippen molar-refractivity contribution >= 4 is 8.32 Å². The lowest BCUT2D eigenvalue weighted by Crippen LogP contribution is -2.44. The summed E-state index contributed by atoms with van der Waals surface area (Å²) in [6, 6.07) is 0.185. The SMILES string of the molecule is C=C[C@@H](CO[Si](C)(C)C(C)(C)C)NCC#CC. The molecule has 0 aliphatic rings. The average molecular weight is 253 g/mol. The maximum atomic E-state index is 6.13. The van der Waals surface area contributed by atoms with Gasteiger partial charge in [-0.15, -0.1) is 12.5 Å². The summed E-state index contributed by atoms with van der Waals surface area (Å²) in [5, 5.41) is 3.55. The van der Waals surface area contributed by atoms with Gasteiger partial charge in [0.05, 0.1) is 13.2 Å². The van der Waals surface area contributed by atoms with Crippen molar-refractivity contribution < 1.29 is 4.43 Å². The van der Waals surface area contributed by atoms with Crippen LogP contribution in [0.1, 0.15) is 27.7 Å². The maximum absolute atomic E-state index is 6.13. The first-order valence-corrected chi connectivity index (χ1v) is 9.05. The molecule has 98 valence electrons. The Bertz CT molecular complexity index is 294. The lowest BCUT2D eigenvalue weighted by atomic mass is 10.2. The van der Waals surface area contributed by atoms with E-state index >= 15 is 0 Å². The maximum Gasteiger partial charge on any atom is 0.192 e. The van der Waals surface area contributed by atoms with E-state index in [-0.39, 0.29) is 11.1 Å². The van der Waals surface area contributed by atoms with Crippen molar-refractivity contribution in [1.29, 1.82) is 0 Å². The molecule has 0 aromatic rings. The van der Waals surface area contributed by atoms with E-state index in [0.29, 0.717) is 13.2 Å². The standard InChI is InChI=1S/C14H27NOSi/c1-8-10-11-15-13(9-2)12-16-17(6,7)14(3,4)5/h9,13,15H,2,11-12H2,1,3-7H3/t13-/m0/s1. The van der Waals surface area contributed by atoms with E-state index in [1.807, 2.05) is 13.0 Å². The fourth-order valence-electron chi connectivity index (χ4n) is 0.995. The topological polar surface area (TPSA) is 21.3 Å². The highest BCUT2D eigenvalue weighted by Gasteiger charge is 2.37. The second-order valence-corrected chi connectivity index (χ2v) is 10.5. The van der Waals surface area contributed by atoms with Gasteiger partial charge in [0.2, 0.25) is 0 Å². The number of nitrogens with one attached hydrogen (secondary N) is 1. The van der Waals surface area contributed by atoms with Crippen LogP contribution in [0.25, 0.3) is 0 Å². The molecule has 1 N–H and O–H groups in total. The molecule has 0 aromatic heterocycles. The molecule has 0 bridgehead atoms. The first kappa shape index (κ1) is 16.4. The largest absolute Gasteiger partial charge is 0.415 e. The van der Waals surface area contributed by atoms with E-state index in [1.165, 1.54) is 0 Å². The van der Waals surface area contributed by atoms with Crippen molar-refractivity contribution in [3.8, 4) is 11.8 Å². The van der Waals surface area contributed by atoms with E-state index < -0.39 is 8.32 Å². The minimum absolute atomic E-state index is 0.185. The molecule has 0 heterocycles. The fraction of sp³-hybridized carbons (Fsp3) is 0.714. The van der Waals surface area contributed by atoms with Crippen LogP contribution < -0.4 is 5.32 Å². The van der Waals surface area contributed by atoms with Crippen LogP contribution in [0.15, 0.2) is 12.7 Å². The van der Waals surface area contributed by atoms with Gasteiger partial charge >= 0.3 is 0 Å². The third-order valence-electron chi connectivity index (χ3n) is 3.34. The van der Waals surface area contributed by atoms with Gasteiger partial charge in [0.15, 0.2) is 8.32 Å². The van der Waals surface area contributed by atoms with Crippen LogP contribution in [0.3, 0.4) is 0 Å². The zero-order valence-electron chi connectivity index (χ0n) is 12.2. The zero-order valence-corrected chi connectivity index (χ0v) is 13.2. The monoisotopic (exact) mass is 253 g/mol. The van der Waals surface area contributed by atoms with Gasteiger partial charge in [0, 0.05) is 6.04 Å². The first-order chi connectivity index (χ1) is 7.74. The molecule has 3 heteroatoms. The van der Waals surface area contributed by atoms with E-state index in [0.717, 1.165) is 0 Å². The van der Waals surface area contributed by atoms with Crippen LogP contribution in [0, 0.1) is 11.8 Å². The van der Waals surface area contributed by atoms with Gasteiger partial charge in [0.25, 0.3) is 0 Å². The minimum atomic E-state index is -1.66. The molecule has 0 aliphatic carbocycles. The van der Waals surface area contributed by atoms with Crippen LogP contribution >= 0.6 is 0 Å². The molecule has 0 aliphatic heterocycles. The lowest BCUT2D eigenvalue weighted by Gasteiger charge is -2.37. The van der Waals surface area contributed by atoms with Gasteiger partial charge in [-0.05, 0) is 25.1 Å². The van der Waals surface area contributed by atoms with Crippen LogP contribution in [-0.2, 0) is 4.43 Å². The third kappa shape index (κ3) is 6.07. The number of hydrogen-bond donors (Lipinski definition) is 1. The summed E-state index contributed by atoms with van der Waals surface area (Å²) in [5.74, 6) is 5.85. The molecule has 17 heavy (non-hydrogen) atoms. The Morgan fingerprint density at radius 3 is 2.41 bits per heavy atom. The Balaban J connectivity index is 4.22. The van der Waals surface area contributed by atoms with Crippen molar-refractivity contribution in [2.45, 2.75) is 51.9 Å². The van der Waals surface area contributed by atoms with Gasteiger partial charge in [-0.2, -0.15) is 0 Å². The van der Waals surface area contributed by atoms with Gasteiger partial charge in [0.1, 0.15) is 0 Å². The van der Waals surface area contributed by atoms with E-state index in [1.54, 1.807) is 0 Å². The first-order valence-electron chi connectivity index (χ1n) is 6.14. The Labute approximate surface area is 108 Å². The smallest absolute Gasteiger partial charge is 0.192 e. The molecule has 1 atom stereocenters. The third-order valence-corrected chi connectivity index (χ3v) is 7.84.